The minimum Gasteiger partial charge on any atom is -0.342 e. The molecule has 0 saturated carbocycles. The maximum absolute atomic E-state index is 12.8. The lowest BCUT2D eigenvalue weighted by molar-refractivity contribution is -0.136. The third-order valence-corrected chi connectivity index (χ3v) is 4.28. The van der Waals surface area contributed by atoms with Crippen molar-refractivity contribution in [1.82, 2.24) is 14.8 Å². The van der Waals surface area contributed by atoms with Gasteiger partial charge in [-0.2, -0.15) is 0 Å². The van der Waals surface area contributed by atoms with Crippen molar-refractivity contribution in [3.05, 3.63) is 30.1 Å². The first kappa shape index (κ1) is 16.0. The van der Waals surface area contributed by atoms with Crippen molar-refractivity contribution < 1.29 is 4.79 Å². The Bertz CT molecular complexity index is 449. The lowest BCUT2D eigenvalue weighted by Crippen LogP contribution is -2.40. The Kier molecular flexibility index (Phi) is 5.74. The quantitative estimate of drug-likeness (QED) is 0.804. The van der Waals surface area contributed by atoms with Gasteiger partial charge in [-0.1, -0.05) is 19.9 Å². The smallest absolute Gasteiger partial charge is 0.227 e. The van der Waals surface area contributed by atoms with E-state index in [0.29, 0.717) is 11.8 Å². The summed E-state index contributed by atoms with van der Waals surface area (Å²) in [5.41, 5.74) is 1.06. The van der Waals surface area contributed by atoms with Crippen LogP contribution in [0.4, 0.5) is 0 Å². The fraction of sp³-hybridized carbons (Fsp3) is 0.647. The number of likely N-dealkylation sites (tertiary alicyclic amines) is 1. The number of carbonyl (C=O) groups excluding carboxylic acids is 1. The van der Waals surface area contributed by atoms with E-state index >= 15 is 0 Å². The van der Waals surface area contributed by atoms with Gasteiger partial charge >= 0.3 is 0 Å². The first-order valence-corrected chi connectivity index (χ1v) is 7.99. The van der Waals surface area contributed by atoms with Crippen LogP contribution in [0.3, 0.4) is 0 Å². The van der Waals surface area contributed by atoms with Crippen LogP contribution in [-0.2, 0) is 11.2 Å². The van der Waals surface area contributed by atoms with Gasteiger partial charge in [-0.3, -0.25) is 9.78 Å². The van der Waals surface area contributed by atoms with E-state index in [9.17, 15) is 4.79 Å². The molecular weight excluding hydrogens is 262 g/mol. The molecule has 2 rings (SSSR count). The summed E-state index contributed by atoms with van der Waals surface area (Å²) in [5, 5.41) is 0. The molecule has 0 aliphatic carbocycles. The number of pyridine rings is 1. The first-order valence-electron chi connectivity index (χ1n) is 7.99. The number of aromatic nitrogens is 1. The number of amides is 1. The Morgan fingerprint density at radius 2 is 2.19 bits per heavy atom. The summed E-state index contributed by atoms with van der Waals surface area (Å²) in [6, 6.07) is 5.96. The molecule has 1 amide bonds. The van der Waals surface area contributed by atoms with Crippen molar-refractivity contribution in [2.45, 2.75) is 26.7 Å². The van der Waals surface area contributed by atoms with Crippen molar-refractivity contribution in [3.63, 3.8) is 0 Å². The second kappa shape index (κ2) is 7.55. The summed E-state index contributed by atoms with van der Waals surface area (Å²) in [5.74, 6) is 0.937. The molecule has 0 unspecified atom stereocenters. The van der Waals surface area contributed by atoms with Gasteiger partial charge in [0.1, 0.15) is 0 Å². The fourth-order valence-electron chi connectivity index (χ4n) is 3.16. The van der Waals surface area contributed by atoms with Gasteiger partial charge in [-0.15, -0.1) is 0 Å². The van der Waals surface area contributed by atoms with Gasteiger partial charge in [0.2, 0.25) is 5.91 Å². The van der Waals surface area contributed by atoms with E-state index in [1.165, 1.54) is 0 Å². The zero-order chi connectivity index (χ0) is 15.2. The van der Waals surface area contributed by atoms with Crippen molar-refractivity contribution >= 4 is 5.91 Å². The summed E-state index contributed by atoms with van der Waals surface area (Å²) in [6.07, 6.45) is 3.66. The van der Waals surface area contributed by atoms with Gasteiger partial charge in [0.05, 0.1) is 5.92 Å². The minimum atomic E-state index is 0.158. The molecule has 1 aromatic rings. The van der Waals surface area contributed by atoms with Crippen LogP contribution >= 0.6 is 0 Å². The van der Waals surface area contributed by atoms with Crippen LogP contribution in [0.5, 0.6) is 0 Å². The Hall–Kier alpha value is -1.42. The van der Waals surface area contributed by atoms with Crippen LogP contribution in [0.25, 0.3) is 0 Å². The molecule has 4 nitrogen and oxygen atoms in total. The van der Waals surface area contributed by atoms with Crippen molar-refractivity contribution in [3.8, 4) is 0 Å². The summed E-state index contributed by atoms with van der Waals surface area (Å²) < 4.78 is 0. The summed E-state index contributed by atoms with van der Waals surface area (Å²) in [7, 11) is 2.10. The van der Waals surface area contributed by atoms with Crippen LogP contribution < -0.4 is 0 Å². The van der Waals surface area contributed by atoms with E-state index < -0.39 is 0 Å². The van der Waals surface area contributed by atoms with Crippen LogP contribution in [0.1, 0.15) is 26.0 Å². The number of hydrogen-bond acceptors (Lipinski definition) is 3. The van der Waals surface area contributed by atoms with Gasteiger partial charge in [-0.05, 0) is 31.5 Å². The summed E-state index contributed by atoms with van der Waals surface area (Å²) in [6.45, 7) is 7.86. The Balaban J connectivity index is 1.96. The Labute approximate surface area is 128 Å². The highest BCUT2D eigenvalue weighted by molar-refractivity contribution is 5.79. The minimum absolute atomic E-state index is 0.158. The topological polar surface area (TPSA) is 36.4 Å². The molecule has 21 heavy (non-hydrogen) atoms. The highest BCUT2D eigenvalue weighted by atomic mass is 16.2. The molecule has 2 heterocycles. The van der Waals surface area contributed by atoms with Crippen molar-refractivity contribution in [2.75, 3.05) is 33.2 Å². The van der Waals surface area contributed by atoms with Crippen LogP contribution in [0.15, 0.2) is 24.4 Å². The molecule has 1 aromatic heterocycles. The Morgan fingerprint density at radius 1 is 1.38 bits per heavy atom. The molecule has 0 aromatic carbocycles. The molecule has 1 saturated heterocycles. The van der Waals surface area contributed by atoms with Gasteiger partial charge in [0.15, 0.2) is 0 Å². The number of rotatable bonds is 6. The third-order valence-electron chi connectivity index (χ3n) is 4.28. The molecule has 116 valence electrons. The van der Waals surface area contributed by atoms with E-state index in [1.54, 1.807) is 0 Å². The predicted octanol–water partition coefficient (Wildman–Crippen LogP) is 2.06. The second-order valence-corrected chi connectivity index (χ2v) is 6.20. The molecule has 2 atom stereocenters. The normalized spacial score (nSPS) is 22.4. The first-order chi connectivity index (χ1) is 10.1. The van der Waals surface area contributed by atoms with Crippen molar-refractivity contribution in [2.24, 2.45) is 11.8 Å². The highest BCUT2D eigenvalue weighted by Crippen LogP contribution is 2.23. The number of carbonyl (C=O) groups is 1. The van der Waals surface area contributed by atoms with Crippen LogP contribution in [0.2, 0.25) is 0 Å². The standard InChI is InChI=1S/C17H27N3O/c1-4-10-20(11-8-15-7-5-6-9-18-15)17(21)16-13-19(3)12-14(16)2/h5-7,9,14,16H,4,8,10-13H2,1-3H3/t14-,16-/m1/s1. The Morgan fingerprint density at radius 3 is 2.76 bits per heavy atom. The molecule has 0 bridgehead atoms. The third kappa shape index (κ3) is 4.27. The zero-order valence-corrected chi connectivity index (χ0v) is 13.5. The van der Waals surface area contributed by atoms with Gasteiger partial charge in [0.25, 0.3) is 0 Å². The fourth-order valence-corrected chi connectivity index (χ4v) is 3.16. The molecule has 1 aliphatic heterocycles. The maximum atomic E-state index is 12.8. The summed E-state index contributed by atoms with van der Waals surface area (Å²) >= 11 is 0. The average molecular weight is 289 g/mol. The lowest BCUT2D eigenvalue weighted by atomic mass is 9.96. The van der Waals surface area contributed by atoms with Crippen LogP contribution in [0, 0.1) is 11.8 Å². The van der Waals surface area contributed by atoms with E-state index in [4.69, 9.17) is 0 Å². The van der Waals surface area contributed by atoms with E-state index in [2.05, 4.69) is 30.8 Å². The molecule has 0 radical (unpaired) electrons. The second-order valence-electron chi connectivity index (χ2n) is 6.20. The molecular formula is C17H27N3O. The monoisotopic (exact) mass is 289 g/mol. The lowest BCUT2D eigenvalue weighted by Gasteiger charge is -2.26. The van der Waals surface area contributed by atoms with Gasteiger partial charge in [-0.25, -0.2) is 0 Å². The number of hydrogen-bond donors (Lipinski definition) is 0. The predicted molar refractivity (Wildman–Crippen MR) is 85.0 cm³/mol. The van der Waals surface area contributed by atoms with Gasteiger partial charge < -0.3 is 9.80 Å². The molecule has 0 spiro atoms. The molecule has 4 heteroatoms. The average Bonchev–Trinajstić information content (AvgIpc) is 2.82. The van der Waals surface area contributed by atoms with Crippen molar-refractivity contribution in [1.29, 1.82) is 0 Å². The van der Waals surface area contributed by atoms with E-state index in [0.717, 1.165) is 44.7 Å². The highest BCUT2D eigenvalue weighted by Gasteiger charge is 2.35. The largest absolute Gasteiger partial charge is 0.342 e. The van der Waals surface area contributed by atoms with E-state index in [-0.39, 0.29) is 5.92 Å². The maximum Gasteiger partial charge on any atom is 0.227 e. The molecule has 1 fully saturated rings. The van der Waals surface area contributed by atoms with E-state index in [1.807, 2.05) is 29.3 Å². The molecule has 1 aliphatic rings. The summed E-state index contributed by atoms with van der Waals surface area (Å²) in [4.78, 5) is 21.4. The van der Waals surface area contributed by atoms with Crippen LogP contribution in [-0.4, -0.2) is 53.9 Å². The SMILES string of the molecule is CCCN(CCc1ccccn1)C(=O)[C@@H]1CN(C)C[C@H]1C. The zero-order valence-electron chi connectivity index (χ0n) is 13.5. The molecule has 0 N–H and O–H groups in total. The van der Waals surface area contributed by atoms with Gasteiger partial charge in [0, 0.05) is 44.5 Å². The number of nitrogens with zero attached hydrogens (tertiary/aromatic N) is 3.